The zero-order chi connectivity index (χ0) is 14.8. The largest absolute Gasteiger partial charge is 0.389 e. The molecule has 1 aromatic heterocycles. The Morgan fingerprint density at radius 3 is 2.67 bits per heavy atom. The lowest BCUT2D eigenvalue weighted by Crippen LogP contribution is -2.11. The first-order valence-corrected chi connectivity index (χ1v) is 7.14. The Balaban J connectivity index is 2.09. The number of thiocarbonyl (C=S) groups is 1. The molecule has 0 bridgehead atoms. The number of para-hydroxylation sites is 1. The molecule has 104 valence electrons. The molecule has 5 heteroatoms. The topological polar surface area (TPSA) is 50.9 Å². The molecule has 0 spiro atoms. The second kappa shape index (κ2) is 5.68. The number of nitrogens with two attached hydrogens (primary N) is 1. The van der Waals surface area contributed by atoms with Crippen molar-refractivity contribution in [1.29, 1.82) is 0 Å². The highest BCUT2D eigenvalue weighted by Crippen LogP contribution is 2.24. The van der Waals surface area contributed by atoms with Crippen molar-refractivity contribution in [3.63, 3.8) is 0 Å². The van der Waals surface area contributed by atoms with E-state index in [0.29, 0.717) is 15.8 Å². The Kier molecular flexibility index (Phi) is 3.73. The molecule has 0 aliphatic carbocycles. The van der Waals surface area contributed by atoms with Gasteiger partial charge in [-0.15, -0.1) is 0 Å². The van der Waals surface area contributed by atoms with E-state index >= 15 is 0 Å². The van der Waals surface area contributed by atoms with Crippen molar-refractivity contribution < 1.29 is 0 Å². The molecular weight excluding hydrogens is 302 g/mol. The maximum Gasteiger partial charge on any atom is 0.131 e. The average molecular weight is 314 g/mol. The molecule has 0 unspecified atom stereocenters. The van der Waals surface area contributed by atoms with Gasteiger partial charge in [0.1, 0.15) is 10.8 Å². The highest BCUT2D eigenvalue weighted by molar-refractivity contribution is 7.80. The van der Waals surface area contributed by atoms with Crippen LogP contribution in [0.4, 0.5) is 11.5 Å². The van der Waals surface area contributed by atoms with E-state index in [1.165, 1.54) is 0 Å². The van der Waals surface area contributed by atoms with E-state index in [1.807, 2.05) is 54.6 Å². The fourth-order valence-electron chi connectivity index (χ4n) is 2.16. The minimum atomic E-state index is 0.350. The van der Waals surface area contributed by atoms with Gasteiger partial charge in [0.2, 0.25) is 0 Å². The number of halogens is 1. The van der Waals surface area contributed by atoms with E-state index < -0.39 is 0 Å². The summed E-state index contributed by atoms with van der Waals surface area (Å²) in [4.78, 5) is 4.92. The van der Waals surface area contributed by atoms with E-state index in [4.69, 9.17) is 29.6 Å². The van der Waals surface area contributed by atoms with Gasteiger partial charge in [0.25, 0.3) is 0 Å². The van der Waals surface area contributed by atoms with Crippen molar-refractivity contribution in [1.82, 2.24) is 4.98 Å². The molecule has 0 amide bonds. The van der Waals surface area contributed by atoms with Gasteiger partial charge in [-0.2, -0.15) is 0 Å². The molecule has 3 nitrogen and oxygen atoms in total. The van der Waals surface area contributed by atoms with Crippen molar-refractivity contribution in [2.75, 3.05) is 5.32 Å². The number of fused-ring (bicyclic) bond motifs is 1. The predicted octanol–water partition coefficient (Wildman–Crippen LogP) is 4.27. The van der Waals surface area contributed by atoms with E-state index in [-0.39, 0.29) is 0 Å². The summed E-state index contributed by atoms with van der Waals surface area (Å²) in [6, 6.07) is 17.1. The number of hydrogen-bond acceptors (Lipinski definition) is 3. The Bertz CT molecular complexity index is 833. The predicted molar refractivity (Wildman–Crippen MR) is 92.4 cm³/mol. The van der Waals surface area contributed by atoms with Gasteiger partial charge < -0.3 is 11.1 Å². The van der Waals surface area contributed by atoms with Gasteiger partial charge in [0.05, 0.1) is 5.52 Å². The SMILES string of the molecule is NC(=S)c1cc(Nc2cccc(Cl)c2)nc2ccccc12. The third-order valence-electron chi connectivity index (χ3n) is 3.08. The van der Waals surface area contributed by atoms with Crippen molar-refractivity contribution >= 4 is 51.2 Å². The van der Waals surface area contributed by atoms with E-state index in [9.17, 15) is 0 Å². The van der Waals surface area contributed by atoms with E-state index in [0.717, 1.165) is 22.2 Å². The zero-order valence-electron chi connectivity index (χ0n) is 11.0. The van der Waals surface area contributed by atoms with Crippen LogP contribution < -0.4 is 11.1 Å². The lowest BCUT2D eigenvalue weighted by Gasteiger charge is -2.10. The number of aromatic nitrogens is 1. The summed E-state index contributed by atoms with van der Waals surface area (Å²) in [5, 5.41) is 4.83. The van der Waals surface area contributed by atoms with E-state index in [1.54, 1.807) is 0 Å². The van der Waals surface area contributed by atoms with Gasteiger partial charge >= 0.3 is 0 Å². The molecule has 3 aromatic rings. The third kappa shape index (κ3) is 2.96. The zero-order valence-corrected chi connectivity index (χ0v) is 12.6. The van der Waals surface area contributed by atoms with Crippen molar-refractivity contribution in [2.45, 2.75) is 0 Å². The maximum atomic E-state index is 5.99. The third-order valence-corrected chi connectivity index (χ3v) is 3.53. The van der Waals surface area contributed by atoms with Crippen molar-refractivity contribution in [3.8, 4) is 0 Å². The van der Waals surface area contributed by atoms with Crippen molar-refractivity contribution in [3.05, 3.63) is 65.2 Å². The van der Waals surface area contributed by atoms with E-state index in [2.05, 4.69) is 10.3 Å². The first kappa shape index (κ1) is 13.8. The van der Waals surface area contributed by atoms with Gasteiger partial charge in [-0.25, -0.2) is 4.98 Å². The first-order valence-electron chi connectivity index (χ1n) is 6.36. The van der Waals surface area contributed by atoms with Crippen molar-refractivity contribution in [2.24, 2.45) is 5.73 Å². The molecule has 0 fully saturated rings. The number of anilines is 2. The summed E-state index contributed by atoms with van der Waals surface area (Å²) < 4.78 is 0. The van der Waals surface area contributed by atoms with Crippen LogP contribution in [0.15, 0.2) is 54.6 Å². The number of benzene rings is 2. The van der Waals surface area contributed by atoms with Crippen LogP contribution in [0.5, 0.6) is 0 Å². The molecule has 3 N–H and O–H groups in total. The lowest BCUT2D eigenvalue weighted by molar-refractivity contribution is 1.37. The van der Waals surface area contributed by atoms with Crippen LogP contribution in [0.25, 0.3) is 10.9 Å². The van der Waals surface area contributed by atoms with Gasteiger partial charge in [0, 0.05) is 21.7 Å². The molecule has 2 aromatic carbocycles. The van der Waals surface area contributed by atoms with Gasteiger partial charge in [0.15, 0.2) is 0 Å². The number of rotatable bonds is 3. The Labute approximate surface area is 132 Å². The summed E-state index contributed by atoms with van der Waals surface area (Å²) in [5.74, 6) is 0.679. The minimum absolute atomic E-state index is 0.350. The molecule has 0 aliphatic heterocycles. The molecule has 0 atom stereocenters. The van der Waals surface area contributed by atoms with Crippen LogP contribution in [0.1, 0.15) is 5.56 Å². The molecule has 0 aliphatic rings. The highest BCUT2D eigenvalue weighted by Gasteiger charge is 2.08. The van der Waals surface area contributed by atoms with Crippen LogP contribution in [0.3, 0.4) is 0 Å². The molecule has 0 saturated heterocycles. The standard InChI is InChI=1S/C16H12ClN3S/c17-10-4-3-5-11(8-10)19-15-9-13(16(18)21)12-6-1-2-7-14(12)20-15/h1-9H,(H2,18,21)(H,19,20). The van der Waals surface area contributed by atoms with Gasteiger partial charge in [-0.1, -0.05) is 48.1 Å². The molecule has 21 heavy (non-hydrogen) atoms. The number of nitrogens with zero attached hydrogens (tertiary/aromatic N) is 1. The number of nitrogens with one attached hydrogen (secondary N) is 1. The Morgan fingerprint density at radius 1 is 1.10 bits per heavy atom. The van der Waals surface area contributed by atoms with Crippen LogP contribution in [-0.2, 0) is 0 Å². The van der Waals surface area contributed by atoms with Gasteiger partial charge in [-0.05, 0) is 30.3 Å². The lowest BCUT2D eigenvalue weighted by atomic mass is 10.1. The van der Waals surface area contributed by atoms with Crippen LogP contribution in [0, 0.1) is 0 Å². The van der Waals surface area contributed by atoms with Crippen LogP contribution in [0.2, 0.25) is 5.02 Å². The number of hydrogen-bond donors (Lipinski definition) is 2. The smallest absolute Gasteiger partial charge is 0.131 e. The Morgan fingerprint density at radius 2 is 1.90 bits per heavy atom. The molecule has 0 radical (unpaired) electrons. The minimum Gasteiger partial charge on any atom is -0.389 e. The summed E-state index contributed by atoms with van der Waals surface area (Å²) in [6.07, 6.45) is 0. The fraction of sp³-hybridized carbons (Fsp3) is 0. The summed E-state index contributed by atoms with van der Waals surface area (Å²) >= 11 is 11.1. The quantitative estimate of drug-likeness (QED) is 0.709. The fourth-order valence-corrected chi connectivity index (χ4v) is 2.52. The molecular formula is C16H12ClN3S. The maximum absolute atomic E-state index is 5.99. The molecule has 3 rings (SSSR count). The Hall–Kier alpha value is -2.17. The van der Waals surface area contributed by atoms with Gasteiger partial charge in [-0.3, -0.25) is 0 Å². The summed E-state index contributed by atoms with van der Waals surface area (Å²) in [5.41, 5.74) is 8.33. The molecule has 0 saturated carbocycles. The monoisotopic (exact) mass is 313 g/mol. The second-order valence-corrected chi connectivity index (χ2v) is 5.45. The highest BCUT2D eigenvalue weighted by atomic mass is 35.5. The number of pyridine rings is 1. The first-order chi connectivity index (χ1) is 10.1. The average Bonchev–Trinajstić information content (AvgIpc) is 2.46. The summed E-state index contributed by atoms with van der Waals surface area (Å²) in [7, 11) is 0. The normalized spacial score (nSPS) is 10.5. The van der Waals surface area contributed by atoms with Crippen LogP contribution >= 0.6 is 23.8 Å². The molecule has 1 heterocycles. The second-order valence-electron chi connectivity index (χ2n) is 4.57. The van der Waals surface area contributed by atoms with Crippen LogP contribution in [-0.4, -0.2) is 9.97 Å². The summed E-state index contributed by atoms with van der Waals surface area (Å²) in [6.45, 7) is 0.